The lowest BCUT2D eigenvalue weighted by atomic mass is 10.0. The minimum atomic E-state index is 0.324. The molecular formula is C26H27ClN6OS. The molecule has 0 bridgehead atoms. The van der Waals surface area contributed by atoms with Gasteiger partial charge in [0.15, 0.2) is 10.9 Å². The Labute approximate surface area is 213 Å². The molecule has 2 atom stereocenters. The predicted molar refractivity (Wildman–Crippen MR) is 138 cm³/mol. The van der Waals surface area contributed by atoms with Crippen LogP contribution in [-0.4, -0.2) is 35.6 Å². The first-order valence-corrected chi connectivity index (χ1v) is 13.6. The van der Waals surface area contributed by atoms with Gasteiger partial charge in [-0.2, -0.15) is 4.73 Å². The Morgan fingerprint density at radius 2 is 2.09 bits per heavy atom. The maximum Gasteiger partial charge on any atom is 0.225 e. The number of halogens is 1. The third-order valence-electron chi connectivity index (χ3n) is 8.07. The number of nitrogens with two attached hydrogens (primary N) is 1. The van der Waals surface area contributed by atoms with E-state index in [0.717, 1.165) is 93.8 Å². The van der Waals surface area contributed by atoms with Crippen molar-refractivity contribution < 1.29 is 4.73 Å². The van der Waals surface area contributed by atoms with Crippen molar-refractivity contribution >= 4 is 45.1 Å². The lowest BCUT2D eigenvalue weighted by Crippen LogP contribution is -2.39. The number of hydrogen-bond acceptors (Lipinski definition) is 7. The first-order chi connectivity index (χ1) is 17.0. The van der Waals surface area contributed by atoms with Crippen molar-refractivity contribution in [2.75, 3.05) is 24.5 Å². The Kier molecular flexibility index (Phi) is 5.03. The molecule has 3 N–H and O–H groups in total. The first-order valence-electron chi connectivity index (χ1n) is 12.4. The fourth-order valence-electron chi connectivity index (χ4n) is 5.96. The molecule has 7 nitrogen and oxygen atoms in total. The number of hydrogen-bond donors (Lipinski definition) is 2. The Balaban J connectivity index is 1.26. The Hall–Kier alpha value is -2.39. The van der Waals surface area contributed by atoms with Gasteiger partial charge in [-0.3, -0.25) is 0 Å². The van der Waals surface area contributed by atoms with Gasteiger partial charge in [-0.1, -0.05) is 18.5 Å². The molecular weight excluding hydrogens is 480 g/mol. The Bertz CT molecular complexity index is 1410. The third-order valence-corrected chi connectivity index (χ3v) is 9.38. The molecule has 4 aliphatic rings. The average molecular weight is 507 g/mol. The number of piperidine rings is 1. The Morgan fingerprint density at radius 3 is 2.89 bits per heavy atom. The van der Waals surface area contributed by atoms with E-state index in [1.165, 1.54) is 17.3 Å². The van der Waals surface area contributed by atoms with Crippen LogP contribution in [0, 0.1) is 17.0 Å². The quantitative estimate of drug-likeness (QED) is 0.318. The lowest BCUT2D eigenvalue weighted by Gasteiger charge is -2.23. The number of fused-ring (bicyclic) bond motifs is 4. The van der Waals surface area contributed by atoms with Gasteiger partial charge in [-0.15, -0.1) is 0 Å². The topological polar surface area (TPSA) is 94.0 Å². The molecule has 0 spiro atoms. The number of nitrogens with zero attached hydrogens (tertiary/aromatic N) is 4. The van der Waals surface area contributed by atoms with Crippen LogP contribution in [0.3, 0.4) is 0 Å². The van der Waals surface area contributed by atoms with Crippen LogP contribution in [0.5, 0.6) is 0 Å². The molecule has 3 aromatic rings. The van der Waals surface area contributed by atoms with Crippen molar-refractivity contribution in [2.45, 2.75) is 48.8 Å². The second kappa shape index (κ2) is 8.06. The zero-order valence-electron chi connectivity index (χ0n) is 19.6. The molecule has 0 radical (unpaired) electrons. The highest BCUT2D eigenvalue weighted by molar-refractivity contribution is 7.99. The van der Waals surface area contributed by atoms with Gasteiger partial charge in [0.2, 0.25) is 5.52 Å². The van der Waals surface area contributed by atoms with Crippen molar-refractivity contribution in [1.82, 2.24) is 15.3 Å². The molecule has 1 aromatic carbocycles. The van der Waals surface area contributed by atoms with E-state index < -0.39 is 0 Å². The van der Waals surface area contributed by atoms with E-state index in [2.05, 4.69) is 29.3 Å². The molecule has 2 unspecified atom stereocenters. The molecule has 4 heterocycles. The van der Waals surface area contributed by atoms with E-state index in [0.29, 0.717) is 28.6 Å². The van der Waals surface area contributed by atoms with Gasteiger partial charge in [0, 0.05) is 67.0 Å². The predicted octanol–water partition coefficient (Wildman–Crippen LogP) is 3.37. The molecule has 2 aliphatic heterocycles. The molecule has 2 fully saturated rings. The summed E-state index contributed by atoms with van der Waals surface area (Å²) in [6, 6.07) is 8.51. The highest BCUT2D eigenvalue weighted by Gasteiger charge is 2.54. The van der Waals surface area contributed by atoms with Crippen molar-refractivity contribution in [2.24, 2.45) is 17.6 Å². The van der Waals surface area contributed by atoms with Gasteiger partial charge >= 0.3 is 0 Å². The molecule has 35 heavy (non-hydrogen) atoms. The average Bonchev–Trinajstić information content (AvgIpc) is 3.19. The summed E-state index contributed by atoms with van der Waals surface area (Å²) in [5.74, 6) is 2.05. The van der Waals surface area contributed by atoms with E-state index in [9.17, 15) is 5.21 Å². The molecule has 1 saturated heterocycles. The summed E-state index contributed by atoms with van der Waals surface area (Å²) in [6.45, 7) is 5.57. The maximum atomic E-state index is 13.1. The number of benzene rings is 1. The van der Waals surface area contributed by atoms with Crippen LogP contribution in [0.2, 0.25) is 0 Å². The number of anilines is 1. The maximum absolute atomic E-state index is 13.1. The highest BCUT2D eigenvalue weighted by Crippen LogP contribution is 2.49. The summed E-state index contributed by atoms with van der Waals surface area (Å²) in [4.78, 5) is 13.3. The number of allylic oxidation sites excluding steroid dienone is 1. The number of pyridine rings is 1. The van der Waals surface area contributed by atoms with Gasteiger partial charge in [0.25, 0.3) is 0 Å². The van der Waals surface area contributed by atoms with Gasteiger partial charge in [0.1, 0.15) is 5.82 Å². The molecule has 0 amide bonds. The van der Waals surface area contributed by atoms with E-state index >= 15 is 0 Å². The summed E-state index contributed by atoms with van der Waals surface area (Å²) < 4.78 is 1.11. The summed E-state index contributed by atoms with van der Waals surface area (Å²) in [6.07, 6.45) is 2.42. The molecule has 1 saturated carbocycles. The summed E-state index contributed by atoms with van der Waals surface area (Å²) in [5, 5.41) is 19.0. The SMILES string of the molecule is CCC1=C(Cl)c2c(nc(Sc3ccc4cc5c([n+]([O-])c4c3)CCNC5)nc2N2CC3C(N)C3C2)C1. The summed E-state index contributed by atoms with van der Waals surface area (Å²) in [5.41, 5.74) is 12.1. The molecule has 180 valence electrons. The zero-order valence-corrected chi connectivity index (χ0v) is 21.1. The van der Waals surface area contributed by atoms with E-state index in [1.807, 2.05) is 12.1 Å². The van der Waals surface area contributed by atoms with Crippen molar-refractivity contribution in [3.05, 3.63) is 57.6 Å². The van der Waals surface area contributed by atoms with Crippen LogP contribution in [0.1, 0.15) is 35.9 Å². The van der Waals surface area contributed by atoms with E-state index in [4.69, 9.17) is 27.3 Å². The molecule has 7 rings (SSSR count). The highest BCUT2D eigenvalue weighted by atomic mass is 35.5. The van der Waals surface area contributed by atoms with Crippen molar-refractivity contribution in [3.63, 3.8) is 0 Å². The van der Waals surface area contributed by atoms with Crippen LogP contribution in [0.4, 0.5) is 5.82 Å². The van der Waals surface area contributed by atoms with E-state index in [-0.39, 0.29) is 0 Å². The van der Waals surface area contributed by atoms with E-state index in [1.54, 1.807) is 0 Å². The second-order valence-electron chi connectivity index (χ2n) is 10.1. The van der Waals surface area contributed by atoms with Crippen molar-refractivity contribution in [3.8, 4) is 0 Å². The number of aromatic nitrogens is 3. The van der Waals surface area contributed by atoms with Crippen LogP contribution in [-0.2, 0) is 19.4 Å². The van der Waals surface area contributed by atoms with Gasteiger partial charge in [-0.25, -0.2) is 9.97 Å². The van der Waals surface area contributed by atoms with Gasteiger partial charge < -0.3 is 21.2 Å². The largest absolute Gasteiger partial charge is 0.618 e. The molecule has 9 heteroatoms. The smallest absolute Gasteiger partial charge is 0.225 e. The second-order valence-corrected chi connectivity index (χ2v) is 11.5. The fraction of sp³-hybridized carbons (Fsp3) is 0.423. The standard InChI is InChI=1S/C26H27ClN6OS/c1-2-13-8-19-22(23(13)27)25(32-11-17-18(12-32)24(17)28)31-26(30-19)35-16-4-3-14-7-15-10-29-6-5-20(15)33(34)21(14)9-16/h3-4,7,9,17-18,24,29H,2,5-6,8,10-12,28H2,1H3. The molecule has 2 aliphatic carbocycles. The van der Waals surface area contributed by atoms with Crippen LogP contribution in [0.15, 0.2) is 39.9 Å². The van der Waals surface area contributed by atoms with Crippen molar-refractivity contribution in [1.29, 1.82) is 0 Å². The third kappa shape index (κ3) is 3.45. The fourth-order valence-corrected chi connectivity index (χ4v) is 7.16. The van der Waals surface area contributed by atoms with Crippen LogP contribution >= 0.6 is 23.4 Å². The normalized spacial score (nSPS) is 24.7. The van der Waals surface area contributed by atoms with Gasteiger partial charge in [0.05, 0.1) is 16.3 Å². The monoisotopic (exact) mass is 506 g/mol. The van der Waals surface area contributed by atoms with Gasteiger partial charge in [-0.05, 0) is 53.8 Å². The number of nitrogens with one attached hydrogen (secondary N) is 1. The molecule has 2 aromatic heterocycles. The minimum absolute atomic E-state index is 0.324. The summed E-state index contributed by atoms with van der Waals surface area (Å²) >= 11 is 8.33. The first kappa shape index (κ1) is 21.9. The van der Waals surface area contributed by atoms with Crippen LogP contribution in [0.25, 0.3) is 15.9 Å². The lowest BCUT2D eigenvalue weighted by molar-refractivity contribution is -0.586. The Morgan fingerprint density at radius 1 is 1.26 bits per heavy atom. The summed E-state index contributed by atoms with van der Waals surface area (Å²) in [7, 11) is 0. The number of rotatable bonds is 4. The van der Waals surface area contributed by atoms with Crippen LogP contribution < -0.4 is 20.7 Å². The zero-order chi connectivity index (χ0) is 23.8. The minimum Gasteiger partial charge on any atom is -0.618 e.